The maximum Gasteiger partial charge on any atom is 0.534 e. The third-order valence-corrected chi connectivity index (χ3v) is 20.9. The van der Waals surface area contributed by atoms with Crippen LogP contribution in [0.4, 0.5) is 26.3 Å². The van der Waals surface area contributed by atoms with Crippen LogP contribution in [0.5, 0.6) is 0 Å². The van der Waals surface area contributed by atoms with Crippen molar-refractivity contribution in [3.05, 3.63) is 46.8 Å². The highest BCUT2D eigenvalue weighted by molar-refractivity contribution is 7.88. The number of hydrogen-bond acceptors (Lipinski definition) is 14. The summed E-state index contributed by atoms with van der Waals surface area (Å²) in [5.74, 6) is 1.17. The summed E-state index contributed by atoms with van der Waals surface area (Å²) in [5.41, 5.74) is -10.5. The molecule has 14 nitrogen and oxygen atoms in total. The lowest BCUT2D eigenvalue weighted by atomic mass is 9.49. The fourth-order valence-corrected chi connectivity index (χ4v) is 13.5. The van der Waals surface area contributed by atoms with E-state index in [9.17, 15) is 43.2 Å². The minimum Gasteiger partial charge on any atom is -0.405 e. The summed E-state index contributed by atoms with van der Waals surface area (Å²) in [5, 5.41) is 0. The molecule has 0 aromatic heterocycles. The molecule has 8 aliphatic rings. The maximum atomic E-state index is 12.1. The first-order valence-electron chi connectivity index (χ1n) is 31.1. The molecule has 26 heteroatoms. The van der Waals surface area contributed by atoms with Crippen LogP contribution in [-0.4, -0.2) is 101 Å². The first-order valence-corrected chi connectivity index (χ1v) is 33.9. The Hall–Kier alpha value is -2.02. The molecule has 4 unspecified atom stereocenters. The number of rotatable bonds is 7. The smallest absolute Gasteiger partial charge is 0.405 e. The van der Waals surface area contributed by atoms with Crippen LogP contribution >= 0.6 is 0 Å². The normalized spacial score (nSPS) is 30.0. The summed E-state index contributed by atoms with van der Waals surface area (Å²) in [6.07, 6.45) is 14.2. The van der Waals surface area contributed by atoms with Crippen molar-refractivity contribution in [3.8, 4) is 0 Å². The molecule has 8 rings (SSSR count). The molecule has 88 heavy (non-hydrogen) atoms. The number of allylic oxidation sites excluding steroid dienone is 8. The summed E-state index contributed by atoms with van der Waals surface area (Å²) in [4.78, 5) is 0. The fourth-order valence-electron chi connectivity index (χ4n) is 12.5. The minimum absolute atomic E-state index is 0.00261. The van der Waals surface area contributed by atoms with Gasteiger partial charge in [0.05, 0.1) is 44.8 Å². The van der Waals surface area contributed by atoms with E-state index in [0.717, 1.165) is 25.7 Å². The van der Waals surface area contributed by atoms with Crippen molar-refractivity contribution in [2.45, 2.75) is 301 Å². The lowest BCUT2D eigenvalue weighted by Gasteiger charge is -2.34. The quantitative estimate of drug-likeness (QED) is 0.102. The lowest BCUT2D eigenvalue weighted by Crippen LogP contribution is -2.41. The van der Waals surface area contributed by atoms with Gasteiger partial charge in [-0.3, -0.25) is 0 Å². The topological polar surface area (TPSA) is 161 Å². The summed E-state index contributed by atoms with van der Waals surface area (Å²) in [7, 11) is -12.3. The van der Waals surface area contributed by atoms with E-state index in [1.165, 1.54) is 35.9 Å². The predicted molar refractivity (Wildman–Crippen MR) is 337 cm³/mol. The van der Waals surface area contributed by atoms with Gasteiger partial charge in [-0.25, -0.2) is 0 Å². The molecule has 0 aromatic rings. The number of hydrogen-bond donors (Lipinski definition) is 0. The Kier molecular flexibility index (Phi) is 23.1. The first-order chi connectivity index (χ1) is 38.8. The van der Waals surface area contributed by atoms with E-state index >= 15 is 0 Å². The van der Waals surface area contributed by atoms with Crippen molar-refractivity contribution in [1.82, 2.24) is 0 Å². The van der Waals surface area contributed by atoms with Crippen molar-refractivity contribution in [2.24, 2.45) is 45.3 Å². The van der Waals surface area contributed by atoms with Gasteiger partial charge in [0.25, 0.3) is 0 Å². The van der Waals surface area contributed by atoms with Crippen LogP contribution in [0, 0.1) is 45.3 Å². The maximum absolute atomic E-state index is 12.1. The van der Waals surface area contributed by atoms with Crippen molar-refractivity contribution < 1.29 is 88.8 Å². The zero-order valence-electron chi connectivity index (χ0n) is 58.4. The van der Waals surface area contributed by atoms with Gasteiger partial charge in [0, 0.05) is 12.8 Å². The standard InChI is InChI=1S/2C15H27BO2.C12H24B2O4.2C10H15F3O3S/c2*1-11-8-12(10-13(2,3)9-11)16-17-14(4,5)15(6,7)18-16;1-9(2)10(3,4)16-13(15-9)14-17-11(5,6)12(7,8)18-14;2*1-7-4-8(6-9(2,3)5-7)16-17(14,15)10(11,12)13/h10-11H,8-9H2,1-7H3;8,11H,9-10H2,1-7H3;1-8H3;6-7H,4-5H2,1-3H3;4,7H,5-6H2,1-3H3. The predicted octanol–water partition coefficient (Wildman–Crippen LogP) is 16.6. The van der Waals surface area contributed by atoms with E-state index < -0.39 is 45.3 Å². The Balaban J connectivity index is 0.000000235. The largest absolute Gasteiger partial charge is 0.534 e. The summed E-state index contributed by atoms with van der Waals surface area (Å²) >= 11 is 0. The third-order valence-electron chi connectivity index (χ3n) is 18.9. The van der Waals surface area contributed by atoms with Gasteiger partial charge in [0.15, 0.2) is 0 Å². The number of alkyl halides is 6. The Morgan fingerprint density at radius 3 is 1.01 bits per heavy atom. The highest BCUT2D eigenvalue weighted by atomic mass is 32.2. The van der Waals surface area contributed by atoms with Crippen LogP contribution in [0.15, 0.2) is 46.8 Å². The van der Waals surface area contributed by atoms with Crippen LogP contribution in [0.3, 0.4) is 0 Å². The second kappa shape index (κ2) is 25.9. The molecule has 0 N–H and O–H groups in total. The van der Waals surface area contributed by atoms with Crippen LogP contribution in [0.2, 0.25) is 0 Å². The van der Waals surface area contributed by atoms with E-state index in [1.807, 2.05) is 96.9 Å². The summed E-state index contributed by atoms with van der Waals surface area (Å²) in [6.45, 7) is 58.0. The number of halogens is 6. The molecule has 4 saturated heterocycles. The highest BCUT2D eigenvalue weighted by Gasteiger charge is 2.64. The second-order valence-electron chi connectivity index (χ2n) is 33.1. The average Bonchev–Trinajstić information content (AvgIpc) is 1.67. The van der Waals surface area contributed by atoms with Gasteiger partial charge in [0.1, 0.15) is 11.5 Å². The van der Waals surface area contributed by atoms with Gasteiger partial charge in [-0.15, -0.1) is 0 Å². The molecule has 4 aliphatic heterocycles. The Morgan fingerprint density at radius 2 is 0.693 bits per heavy atom. The molecule has 506 valence electrons. The molecule has 0 saturated carbocycles. The zero-order chi connectivity index (χ0) is 68.5. The first kappa shape index (κ1) is 78.4. The summed E-state index contributed by atoms with van der Waals surface area (Å²) < 4.78 is 173. The van der Waals surface area contributed by atoms with Gasteiger partial charge in [-0.2, -0.15) is 43.2 Å². The molecule has 0 amide bonds. The highest BCUT2D eigenvalue weighted by Crippen LogP contribution is 2.48. The van der Waals surface area contributed by atoms with Gasteiger partial charge >= 0.3 is 59.5 Å². The van der Waals surface area contributed by atoms with E-state index in [1.54, 1.807) is 0 Å². The monoisotopic (exact) mass is 1300 g/mol. The summed E-state index contributed by atoms with van der Waals surface area (Å²) in [6, 6.07) is 0. The van der Waals surface area contributed by atoms with Gasteiger partial charge in [-0.1, -0.05) is 95.2 Å². The molecule has 0 spiro atoms. The van der Waals surface area contributed by atoms with Crippen molar-refractivity contribution in [1.29, 1.82) is 0 Å². The second-order valence-corrected chi connectivity index (χ2v) is 36.2. The van der Waals surface area contributed by atoms with E-state index in [2.05, 4.69) is 117 Å². The van der Waals surface area contributed by atoms with Gasteiger partial charge in [-0.05, 0) is 218 Å². The Bertz CT molecular complexity index is 2720. The van der Waals surface area contributed by atoms with E-state index in [-0.39, 0.29) is 111 Å². The van der Waals surface area contributed by atoms with Gasteiger partial charge in [0.2, 0.25) is 0 Å². The molecule has 4 aliphatic carbocycles. The van der Waals surface area contributed by atoms with Gasteiger partial charge < -0.3 is 45.6 Å². The molecule has 0 bridgehead atoms. The van der Waals surface area contributed by atoms with Crippen molar-refractivity contribution in [2.75, 3.05) is 0 Å². The Morgan fingerprint density at radius 1 is 0.398 bits per heavy atom. The SMILES string of the molecule is CC1(C)OB(B2OC(C)(C)C(C)(C)O2)OC1(C)C.CC1C=C(B2OC(C)(C)C(C)(C)O2)CC(C)(C)C1.CC1C=C(OS(=O)(=O)C(F)(F)F)CC(C)(C)C1.CC1CC(B2OC(C)(C)C(C)(C)O2)=CC(C)(C)C1.CC1CC(OS(=O)(=O)C(F)(F)F)=CC(C)(C)C1. The molecule has 4 fully saturated rings. The van der Waals surface area contributed by atoms with E-state index in [4.69, 9.17) is 37.2 Å². The third kappa shape index (κ3) is 20.0. The van der Waals surface area contributed by atoms with Crippen LogP contribution < -0.4 is 0 Å². The Labute approximate surface area is 528 Å². The van der Waals surface area contributed by atoms with Crippen molar-refractivity contribution >= 4 is 48.5 Å². The minimum atomic E-state index is -5.54. The molecule has 4 heterocycles. The molecular formula is C62H108B4F6O14S2. The molecule has 4 atom stereocenters. The van der Waals surface area contributed by atoms with E-state index in [0.29, 0.717) is 17.3 Å². The van der Waals surface area contributed by atoms with Crippen LogP contribution in [0.1, 0.15) is 245 Å². The molecule has 0 radical (unpaired) electrons. The fraction of sp³-hybridized carbons (Fsp3) is 0.871. The van der Waals surface area contributed by atoms with Crippen LogP contribution in [0.25, 0.3) is 0 Å². The van der Waals surface area contributed by atoms with Crippen LogP contribution in [-0.2, 0) is 65.8 Å². The molecular weight excluding hydrogens is 1190 g/mol. The average molecular weight is 1300 g/mol. The molecule has 0 aromatic carbocycles. The lowest BCUT2D eigenvalue weighted by molar-refractivity contribution is -0.0531. The van der Waals surface area contributed by atoms with Crippen molar-refractivity contribution in [3.63, 3.8) is 0 Å². The zero-order valence-corrected chi connectivity index (χ0v) is 60.0.